The molecule has 3 rings (SSSR count). The summed E-state index contributed by atoms with van der Waals surface area (Å²) < 4.78 is 0. The molecule has 0 amide bonds. The molecule has 0 fully saturated rings. The molecule has 2 heterocycles. The quantitative estimate of drug-likeness (QED) is 0.688. The lowest BCUT2D eigenvalue weighted by Gasteiger charge is -1.98. The van der Waals surface area contributed by atoms with Gasteiger partial charge in [0.2, 0.25) is 5.82 Å². The van der Waals surface area contributed by atoms with Gasteiger partial charge in [-0.3, -0.25) is 10.1 Å². The first-order valence-electron chi connectivity index (χ1n) is 5.83. The van der Waals surface area contributed by atoms with Gasteiger partial charge in [-0.15, -0.1) is 0 Å². The Bertz CT molecular complexity index is 659. The lowest BCUT2D eigenvalue weighted by atomic mass is 10.1. The number of hydrogen-bond donors (Lipinski definition) is 2. The van der Waals surface area contributed by atoms with Gasteiger partial charge in [0.15, 0.2) is 0 Å². The van der Waals surface area contributed by atoms with Gasteiger partial charge in [0.05, 0.1) is 6.20 Å². The Kier molecular flexibility index (Phi) is 2.89. The average Bonchev–Trinajstić information content (AvgIpc) is 2.91. The maximum absolute atomic E-state index is 5.65. The van der Waals surface area contributed by atoms with Crippen LogP contribution in [0.2, 0.25) is 0 Å². The minimum atomic E-state index is 0.554. The van der Waals surface area contributed by atoms with E-state index < -0.39 is 0 Å². The normalized spacial score (nSPS) is 10.5. The number of aromatic amines is 1. The summed E-state index contributed by atoms with van der Waals surface area (Å²) in [7, 11) is 0. The summed E-state index contributed by atoms with van der Waals surface area (Å²) in [5, 5.41) is 7.04. The zero-order chi connectivity index (χ0) is 13.1. The molecule has 0 saturated carbocycles. The molecule has 0 aliphatic carbocycles. The number of hydrogen-bond acceptors (Lipinski definition) is 5. The first-order valence-corrected chi connectivity index (χ1v) is 5.83. The predicted octanol–water partition coefficient (Wildman–Crippen LogP) is 1.43. The van der Waals surface area contributed by atoms with Crippen molar-refractivity contribution in [1.82, 2.24) is 25.1 Å². The van der Waals surface area contributed by atoms with Crippen LogP contribution in [0.4, 0.5) is 5.69 Å². The molecule has 0 bridgehead atoms. The highest BCUT2D eigenvalue weighted by Crippen LogP contribution is 2.12. The lowest BCUT2D eigenvalue weighted by molar-refractivity contribution is 0.972. The Hall–Kier alpha value is -2.76. The van der Waals surface area contributed by atoms with Crippen molar-refractivity contribution < 1.29 is 0 Å². The Morgan fingerprint density at radius 3 is 2.68 bits per heavy atom. The molecule has 0 unspecified atom stereocenters. The van der Waals surface area contributed by atoms with Gasteiger partial charge in [0, 0.05) is 24.5 Å². The summed E-state index contributed by atoms with van der Waals surface area (Å²) in [6.45, 7) is 0. The molecular formula is C13H12N6. The third kappa shape index (κ3) is 2.57. The van der Waals surface area contributed by atoms with Crippen molar-refractivity contribution in [2.24, 2.45) is 0 Å². The summed E-state index contributed by atoms with van der Waals surface area (Å²) in [5.74, 6) is 1.34. The van der Waals surface area contributed by atoms with E-state index in [9.17, 15) is 0 Å². The van der Waals surface area contributed by atoms with E-state index in [0.29, 0.717) is 17.9 Å². The summed E-state index contributed by atoms with van der Waals surface area (Å²) in [4.78, 5) is 12.5. The number of H-pyrrole nitrogens is 1. The lowest BCUT2D eigenvalue weighted by Crippen LogP contribution is -1.92. The first kappa shape index (κ1) is 11.3. The fourth-order valence-corrected chi connectivity index (χ4v) is 1.73. The molecule has 0 aliphatic heterocycles. The summed E-state index contributed by atoms with van der Waals surface area (Å²) in [5.41, 5.74) is 8.18. The zero-order valence-electron chi connectivity index (χ0n) is 10.1. The van der Waals surface area contributed by atoms with Crippen molar-refractivity contribution >= 4 is 5.69 Å². The van der Waals surface area contributed by atoms with Crippen LogP contribution < -0.4 is 5.73 Å². The van der Waals surface area contributed by atoms with Gasteiger partial charge in [0.1, 0.15) is 11.5 Å². The zero-order valence-corrected chi connectivity index (χ0v) is 10.1. The number of nitrogen functional groups attached to an aromatic ring is 1. The van der Waals surface area contributed by atoms with E-state index in [2.05, 4.69) is 25.1 Å². The fraction of sp³-hybridized carbons (Fsp3) is 0.0769. The Labute approximate surface area is 109 Å². The molecule has 94 valence electrons. The number of benzene rings is 1. The Balaban J connectivity index is 1.80. The van der Waals surface area contributed by atoms with Crippen LogP contribution in [0, 0.1) is 0 Å². The number of nitrogens with two attached hydrogens (primary N) is 1. The molecule has 0 atom stereocenters. The molecule has 2 aromatic heterocycles. The smallest absolute Gasteiger partial charge is 0.201 e. The fourth-order valence-electron chi connectivity index (χ4n) is 1.73. The number of nitrogens with zero attached hydrogens (tertiary/aromatic N) is 4. The monoisotopic (exact) mass is 252 g/mol. The van der Waals surface area contributed by atoms with Crippen LogP contribution in [-0.2, 0) is 6.42 Å². The second kappa shape index (κ2) is 4.85. The van der Waals surface area contributed by atoms with E-state index in [-0.39, 0.29) is 0 Å². The van der Waals surface area contributed by atoms with Crippen molar-refractivity contribution in [2.75, 3.05) is 5.73 Å². The second-order valence-electron chi connectivity index (χ2n) is 4.11. The van der Waals surface area contributed by atoms with Gasteiger partial charge in [-0.05, 0) is 17.7 Å². The molecular weight excluding hydrogens is 240 g/mol. The molecule has 19 heavy (non-hydrogen) atoms. The minimum Gasteiger partial charge on any atom is -0.399 e. The van der Waals surface area contributed by atoms with Gasteiger partial charge in [-0.2, -0.15) is 5.10 Å². The Morgan fingerprint density at radius 1 is 1.11 bits per heavy atom. The van der Waals surface area contributed by atoms with Crippen LogP contribution in [0.5, 0.6) is 0 Å². The van der Waals surface area contributed by atoms with Gasteiger partial charge in [-0.25, -0.2) is 9.97 Å². The van der Waals surface area contributed by atoms with Gasteiger partial charge in [-0.1, -0.05) is 12.1 Å². The molecule has 6 nitrogen and oxygen atoms in total. The van der Waals surface area contributed by atoms with Crippen molar-refractivity contribution in [2.45, 2.75) is 6.42 Å². The van der Waals surface area contributed by atoms with Crippen LogP contribution in [-0.4, -0.2) is 25.1 Å². The number of rotatable bonds is 3. The molecule has 0 spiro atoms. The van der Waals surface area contributed by atoms with Crippen molar-refractivity contribution in [3.05, 3.63) is 54.2 Å². The summed E-state index contributed by atoms with van der Waals surface area (Å²) in [6.07, 6.45) is 5.54. The van der Waals surface area contributed by atoms with Crippen LogP contribution in [0.3, 0.4) is 0 Å². The third-order valence-corrected chi connectivity index (χ3v) is 2.68. The highest BCUT2D eigenvalue weighted by molar-refractivity contribution is 5.46. The first-order chi connectivity index (χ1) is 9.31. The number of nitrogens with one attached hydrogen (secondary N) is 1. The highest BCUT2D eigenvalue weighted by Gasteiger charge is 2.07. The van der Waals surface area contributed by atoms with Crippen LogP contribution in [0.25, 0.3) is 11.5 Å². The van der Waals surface area contributed by atoms with E-state index in [4.69, 9.17) is 5.73 Å². The van der Waals surface area contributed by atoms with E-state index in [0.717, 1.165) is 17.1 Å². The molecule has 3 N–H and O–H groups in total. The van der Waals surface area contributed by atoms with Gasteiger partial charge >= 0.3 is 0 Å². The van der Waals surface area contributed by atoms with E-state index in [1.165, 1.54) is 0 Å². The van der Waals surface area contributed by atoms with E-state index >= 15 is 0 Å². The maximum atomic E-state index is 5.65. The molecule has 6 heteroatoms. The highest BCUT2D eigenvalue weighted by atomic mass is 15.2. The second-order valence-corrected chi connectivity index (χ2v) is 4.11. The van der Waals surface area contributed by atoms with E-state index in [1.54, 1.807) is 18.6 Å². The molecule has 0 aliphatic rings. The number of aromatic nitrogens is 5. The molecule has 0 saturated heterocycles. The van der Waals surface area contributed by atoms with Crippen LogP contribution in [0.1, 0.15) is 11.4 Å². The topological polar surface area (TPSA) is 93.4 Å². The van der Waals surface area contributed by atoms with Crippen molar-refractivity contribution in [3.63, 3.8) is 0 Å². The van der Waals surface area contributed by atoms with Gasteiger partial charge < -0.3 is 5.73 Å². The van der Waals surface area contributed by atoms with Crippen LogP contribution >= 0.6 is 0 Å². The van der Waals surface area contributed by atoms with Crippen molar-refractivity contribution in [1.29, 1.82) is 0 Å². The third-order valence-electron chi connectivity index (χ3n) is 2.68. The average molecular weight is 252 g/mol. The Morgan fingerprint density at radius 2 is 1.95 bits per heavy atom. The molecule has 0 radical (unpaired) electrons. The molecule has 1 aromatic carbocycles. The minimum absolute atomic E-state index is 0.554. The van der Waals surface area contributed by atoms with Crippen molar-refractivity contribution in [3.8, 4) is 11.5 Å². The molecule has 3 aromatic rings. The SMILES string of the molecule is Nc1ccc(Cc2nc(-c3cnccn3)n[nH]2)cc1. The van der Waals surface area contributed by atoms with Crippen LogP contribution in [0.15, 0.2) is 42.9 Å². The summed E-state index contributed by atoms with van der Waals surface area (Å²) in [6, 6.07) is 7.68. The summed E-state index contributed by atoms with van der Waals surface area (Å²) >= 11 is 0. The largest absolute Gasteiger partial charge is 0.399 e. The van der Waals surface area contributed by atoms with E-state index in [1.807, 2.05) is 24.3 Å². The van der Waals surface area contributed by atoms with Gasteiger partial charge in [0.25, 0.3) is 0 Å². The maximum Gasteiger partial charge on any atom is 0.201 e. The number of anilines is 1. The predicted molar refractivity (Wildman–Crippen MR) is 71.1 cm³/mol. The standard InChI is InChI=1S/C13H12N6/c14-10-3-1-9(2-4-10)7-12-17-13(19-18-12)11-8-15-5-6-16-11/h1-6,8H,7,14H2,(H,17,18,19).